The molecule has 0 unspecified atom stereocenters. The van der Waals surface area contributed by atoms with Crippen LogP contribution >= 0.6 is 23.0 Å². The number of nitrogens with zero attached hydrogens (tertiary/aromatic N) is 21. The van der Waals surface area contributed by atoms with Crippen molar-refractivity contribution in [3.8, 4) is 103 Å². The van der Waals surface area contributed by atoms with Gasteiger partial charge in [-0.05, 0) is 208 Å². The van der Waals surface area contributed by atoms with Crippen LogP contribution in [0.5, 0.6) is 34.5 Å². The SMILES string of the molecule is c1cc(-c2nnn[nH]2)ccc1OP1(Oc2ccc(-c3nnn[nH]3)cc2)=NP(Oc2ccc(-c3nnn[nH]3)cc2)(Oc2ccc(-c3nnn[nH]3)cc2)=NP(Oc2ccc(-c3nnn[nH]3)cc2)(Oc2ccc(-c3nnn[nH]3)cc2)=N1. The maximum absolute atomic E-state index is 7.08. The Labute approximate surface area is 434 Å². The molecule has 7 heterocycles. The summed E-state index contributed by atoms with van der Waals surface area (Å²) in [4.78, 5) is 0. The predicted molar refractivity (Wildman–Crippen MR) is 269 cm³/mol. The Kier molecular flexibility index (Phi) is 12.1. The minimum absolute atomic E-state index is 0.222. The van der Waals surface area contributed by atoms with E-state index in [1.165, 1.54) is 0 Å². The second-order valence-electron chi connectivity index (χ2n) is 15.9. The fraction of sp³-hybridized carbons (Fsp3) is 0. The maximum atomic E-state index is 7.08. The first-order valence-electron chi connectivity index (χ1n) is 22.5. The fourth-order valence-corrected chi connectivity index (χ4v) is 16.4. The number of nitrogens with one attached hydrogen (secondary N) is 6. The second-order valence-corrected chi connectivity index (χ2v) is 22.1. The third-order valence-corrected chi connectivity index (χ3v) is 19.0. The van der Waals surface area contributed by atoms with Gasteiger partial charge in [0.15, 0.2) is 34.9 Å². The van der Waals surface area contributed by atoms with Crippen molar-refractivity contribution in [2.45, 2.75) is 0 Å². The van der Waals surface area contributed by atoms with Crippen LogP contribution in [0.4, 0.5) is 0 Å². The molecule has 1 aliphatic rings. The third-order valence-electron chi connectivity index (χ3n) is 10.9. The summed E-state index contributed by atoms with van der Waals surface area (Å²) >= 11 is 0. The largest absolute Gasteiger partial charge is 0.460 e. The molecule has 0 amide bonds. The molecular weight excluding hydrogens is 1070 g/mol. The second kappa shape index (κ2) is 20.2. The summed E-state index contributed by atoms with van der Waals surface area (Å²) in [5, 5.41) is 85.7. The molecule has 36 heteroatoms. The molecule has 1 aliphatic heterocycles. The zero-order chi connectivity index (χ0) is 52.2. The molecule has 6 aromatic heterocycles. The first-order valence-corrected chi connectivity index (χ1v) is 27.1. The summed E-state index contributed by atoms with van der Waals surface area (Å²) in [6.07, 6.45) is 0. The van der Waals surface area contributed by atoms with E-state index in [0.717, 1.165) is 0 Å². The molecule has 384 valence electrons. The minimum Gasteiger partial charge on any atom is -0.413 e. The number of H-pyrrole nitrogens is 6. The smallest absolute Gasteiger partial charge is 0.413 e. The molecular formula is C42H30N27O6P3. The number of aromatic nitrogens is 24. The van der Waals surface area contributed by atoms with E-state index in [1.807, 2.05) is 0 Å². The number of tetrazole rings is 6. The Balaban J connectivity index is 1.05. The van der Waals surface area contributed by atoms with Crippen LogP contribution in [0.25, 0.3) is 68.3 Å². The Hall–Kier alpha value is -10.8. The highest BCUT2D eigenvalue weighted by Crippen LogP contribution is 2.78. The number of rotatable bonds is 18. The van der Waals surface area contributed by atoms with E-state index in [9.17, 15) is 0 Å². The monoisotopic (exact) mass is 1100 g/mol. The van der Waals surface area contributed by atoms with Gasteiger partial charge in [-0.15, -0.1) is 30.6 Å². The average molecular weight is 1100 g/mol. The maximum Gasteiger partial charge on any atom is 0.460 e. The summed E-state index contributed by atoms with van der Waals surface area (Å²) in [5.41, 5.74) is 3.81. The van der Waals surface area contributed by atoms with Gasteiger partial charge in [0.2, 0.25) is 0 Å². The standard InChI is InChI=1S/C42H30N27O6P3/c1-13-31(14-2-25(1)37-43-55-56-44-37)70-76(71-32-15-3-26(4-16-32)38-45-57-58-46-38)67-77(72-33-17-5-27(6-18-33)39-47-59-60-48-39,73-34-19-7-28(8-20-34)40-49-61-62-50-40)69-78(68-76,74-35-21-9-29(10-22-35)41-51-63-64-52-41)75-36-23-11-30(12-24-36)42-53-65-66-54-42/h1-24H,(H,43,44,55,56)(H,45,46,57,58)(H,47,48,59,60)(H,49,50,61,62)(H,51,52,63,64)(H,53,54,65,66). The summed E-state index contributed by atoms with van der Waals surface area (Å²) < 4.78 is 58.5. The number of benzene rings is 6. The fourth-order valence-electron chi connectivity index (χ4n) is 7.31. The highest BCUT2D eigenvalue weighted by atomic mass is 31.3. The average Bonchev–Trinajstić information content (AvgIpc) is 4.44. The summed E-state index contributed by atoms with van der Waals surface area (Å²) in [5.74, 6) is 3.75. The topological polar surface area (TPSA) is 419 Å². The van der Waals surface area contributed by atoms with Crippen molar-refractivity contribution in [2.75, 3.05) is 0 Å². The Morgan fingerprint density at radius 3 is 0.500 bits per heavy atom. The van der Waals surface area contributed by atoms with Gasteiger partial charge in [0.05, 0.1) is 0 Å². The summed E-state index contributed by atoms with van der Waals surface area (Å²) in [7, 11) is -13.3. The van der Waals surface area contributed by atoms with Gasteiger partial charge in [0, 0.05) is 33.4 Å². The summed E-state index contributed by atoms with van der Waals surface area (Å²) in [6, 6.07) is 40.9. The lowest BCUT2D eigenvalue weighted by Crippen LogP contribution is -2.11. The van der Waals surface area contributed by atoms with Crippen LogP contribution in [0, 0.1) is 0 Å². The molecule has 0 bridgehead atoms. The van der Waals surface area contributed by atoms with Gasteiger partial charge in [-0.3, -0.25) is 0 Å². The molecule has 78 heavy (non-hydrogen) atoms. The van der Waals surface area contributed by atoms with Crippen molar-refractivity contribution in [3.05, 3.63) is 146 Å². The Bertz CT molecular complexity index is 3390. The molecule has 33 nitrogen and oxygen atoms in total. The van der Waals surface area contributed by atoms with Crippen LogP contribution in [0.15, 0.2) is 159 Å². The molecule has 6 N–H and O–H groups in total. The van der Waals surface area contributed by atoms with Crippen LogP contribution in [0.2, 0.25) is 0 Å². The van der Waals surface area contributed by atoms with Crippen molar-refractivity contribution in [1.82, 2.24) is 124 Å². The van der Waals surface area contributed by atoms with Gasteiger partial charge in [0.1, 0.15) is 34.5 Å². The Morgan fingerprint density at radius 1 is 0.218 bits per heavy atom. The lowest BCUT2D eigenvalue weighted by Gasteiger charge is -2.33. The molecule has 6 aromatic carbocycles. The predicted octanol–water partition coefficient (Wildman–Crippen LogP) is 7.39. The highest BCUT2D eigenvalue weighted by molar-refractivity contribution is 7.79. The van der Waals surface area contributed by atoms with Crippen molar-refractivity contribution in [3.63, 3.8) is 0 Å². The van der Waals surface area contributed by atoms with Gasteiger partial charge in [-0.2, -0.15) is 0 Å². The number of aromatic amines is 6. The van der Waals surface area contributed by atoms with Crippen molar-refractivity contribution in [2.24, 2.45) is 13.5 Å². The summed E-state index contributed by atoms with van der Waals surface area (Å²) in [6.45, 7) is 0. The van der Waals surface area contributed by atoms with Gasteiger partial charge in [0.25, 0.3) is 0 Å². The van der Waals surface area contributed by atoms with E-state index in [-0.39, 0.29) is 34.5 Å². The van der Waals surface area contributed by atoms with E-state index in [4.69, 9.17) is 40.7 Å². The zero-order valence-corrected chi connectivity index (χ0v) is 41.7. The molecule has 0 aliphatic carbocycles. The van der Waals surface area contributed by atoms with Crippen molar-refractivity contribution in [1.29, 1.82) is 0 Å². The molecule has 0 saturated carbocycles. The van der Waals surface area contributed by atoms with E-state index in [0.29, 0.717) is 68.3 Å². The normalized spacial score (nSPS) is 14.0. The van der Waals surface area contributed by atoms with Gasteiger partial charge in [-0.25, -0.2) is 30.6 Å². The minimum atomic E-state index is -4.44. The highest BCUT2D eigenvalue weighted by Gasteiger charge is 2.49. The molecule has 0 saturated heterocycles. The van der Waals surface area contributed by atoms with Gasteiger partial charge in [-0.1, -0.05) is 13.5 Å². The molecule has 0 atom stereocenters. The van der Waals surface area contributed by atoms with Crippen LogP contribution in [-0.2, 0) is 0 Å². The lowest BCUT2D eigenvalue weighted by atomic mass is 10.2. The first-order chi connectivity index (χ1) is 38.4. The van der Waals surface area contributed by atoms with Crippen LogP contribution in [0.3, 0.4) is 0 Å². The molecule has 0 radical (unpaired) electrons. The van der Waals surface area contributed by atoms with Crippen LogP contribution in [-0.4, -0.2) is 124 Å². The van der Waals surface area contributed by atoms with Crippen LogP contribution in [0.1, 0.15) is 0 Å². The van der Waals surface area contributed by atoms with E-state index < -0.39 is 23.0 Å². The quantitative estimate of drug-likeness (QED) is 0.0456. The third kappa shape index (κ3) is 10.1. The zero-order valence-electron chi connectivity index (χ0n) is 39.0. The van der Waals surface area contributed by atoms with E-state index in [1.54, 1.807) is 146 Å². The molecule has 13 rings (SSSR count). The first kappa shape index (κ1) is 47.0. The number of hydrogen-bond donors (Lipinski definition) is 6. The van der Waals surface area contributed by atoms with Gasteiger partial charge < -0.3 is 27.1 Å². The molecule has 0 spiro atoms. The van der Waals surface area contributed by atoms with E-state index in [2.05, 4.69) is 124 Å². The van der Waals surface area contributed by atoms with Crippen molar-refractivity contribution < 1.29 is 27.1 Å². The lowest BCUT2D eigenvalue weighted by molar-refractivity contribution is 0.443. The van der Waals surface area contributed by atoms with E-state index >= 15 is 0 Å². The molecule has 0 fully saturated rings. The van der Waals surface area contributed by atoms with Crippen molar-refractivity contribution >= 4 is 23.0 Å². The van der Waals surface area contributed by atoms with Crippen LogP contribution < -0.4 is 27.1 Å². The number of hydrogen-bond acceptors (Lipinski definition) is 27. The Morgan fingerprint density at radius 2 is 0.372 bits per heavy atom. The van der Waals surface area contributed by atoms with Gasteiger partial charge >= 0.3 is 23.0 Å². The molecule has 12 aromatic rings.